The average molecular weight is 298 g/mol. The Hall–Kier alpha value is -0.540. The highest BCUT2D eigenvalue weighted by Gasteiger charge is 2.14. The van der Waals surface area contributed by atoms with Crippen LogP contribution in [0.25, 0.3) is 0 Å². The zero-order valence-electron chi connectivity index (χ0n) is 10.1. The van der Waals surface area contributed by atoms with Crippen molar-refractivity contribution in [1.82, 2.24) is 0 Å². The van der Waals surface area contributed by atoms with Crippen molar-refractivity contribution >= 4 is 15.9 Å². The molecular formula is C14H20BrNO. The fourth-order valence-corrected chi connectivity index (χ4v) is 2.73. The summed E-state index contributed by atoms with van der Waals surface area (Å²) in [7, 11) is 0. The lowest BCUT2D eigenvalue weighted by atomic mass is 9.90. The van der Waals surface area contributed by atoms with Crippen molar-refractivity contribution in [2.24, 2.45) is 11.7 Å². The molecule has 17 heavy (non-hydrogen) atoms. The highest BCUT2D eigenvalue weighted by atomic mass is 79.9. The molecule has 2 rings (SSSR count). The Kier molecular flexibility index (Phi) is 4.86. The van der Waals surface area contributed by atoms with Crippen LogP contribution in [0, 0.1) is 5.92 Å². The standard InChI is InChI=1S/C14H20BrNO/c15-13-7-6-12(9-16)14(8-13)17-10-11-4-2-1-3-5-11/h6-8,11H,1-5,9-10,16H2. The van der Waals surface area contributed by atoms with Crippen LogP contribution in [0.3, 0.4) is 0 Å². The van der Waals surface area contributed by atoms with Crippen LogP contribution in [0.4, 0.5) is 0 Å². The van der Waals surface area contributed by atoms with Crippen LogP contribution in [-0.4, -0.2) is 6.61 Å². The van der Waals surface area contributed by atoms with E-state index in [9.17, 15) is 0 Å². The number of hydrogen-bond donors (Lipinski definition) is 1. The molecule has 0 radical (unpaired) electrons. The Bertz CT molecular complexity index is 361. The smallest absolute Gasteiger partial charge is 0.124 e. The zero-order valence-corrected chi connectivity index (χ0v) is 11.7. The van der Waals surface area contributed by atoms with Crippen molar-refractivity contribution in [3.8, 4) is 5.75 Å². The van der Waals surface area contributed by atoms with E-state index in [1.54, 1.807) is 0 Å². The monoisotopic (exact) mass is 297 g/mol. The first-order valence-electron chi connectivity index (χ1n) is 6.41. The summed E-state index contributed by atoms with van der Waals surface area (Å²) >= 11 is 3.47. The van der Waals surface area contributed by atoms with Gasteiger partial charge in [0.2, 0.25) is 0 Å². The first-order chi connectivity index (χ1) is 8.29. The lowest BCUT2D eigenvalue weighted by Crippen LogP contribution is -2.16. The number of rotatable bonds is 4. The van der Waals surface area contributed by atoms with Crippen LogP contribution in [0.2, 0.25) is 0 Å². The van der Waals surface area contributed by atoms with Gasteiger partial charge >= 0.3 is 0 Å². The van der Waals surface area contributed by atoms with Crippen LogP contribution in [0.1, 0.15) is 37.7 Å². The Balaban J connectivity index is 1.95. The molecule has 0 bridgehead atoms. The van der Waals surface area contributed by atoms with E-state index in [0.29, 0.717) is 6.54 Å². The van der Waals surface area contributed by atoms with Gasteiger partial charge in [-0.2, -0.15) is 0 Å². The van der Waals surface area contributed by atoms with Crippen molar-refractivity contribution in [1.29, 1.82) is 0 Å². The van der Waals surface area contributed by atoms with Crippen LogP contribution in [-0.2, 0) is 6.54 Å². The van der Waals surface area contributed by atoms with E-state index in [0.717, 1.165) is 28.3 Å². The van der Waals surface area contributed by atoms with E-state index >= 15 is 0 Å². The molecule has 94 valence electrons. The van der Waals surface area contributed by atoms with Gasteiger partial charge in [0.15, 0.2) is 0 Å². The molecule has 2 N–H and O–H groups in total. The lowest BCUT2D eigenvalue weighted by molar-refractivity contribution is 0.207. The highest BCUT2D eigenvalue weighted by molar-refractivity contribution is 9.10. The van der Waals surface area contributed by atoms with Gasteiger partial charge in [-0.1, -0.05) is 41.3 Å². The number of benzene rings is 1. The second kappa shape index (κ2) is 6.41. The molecule has 0 aliphatic heterocycles. The predicted molar refractivity (Wildman–Crippen MR) is 74.1 cm³/mol. The van der Waals surface area contributed by atoms with Gasteiger partial charge in [-0.05, 0) is 30.9 Å². The Labute approximate surface area is 112 Å². The molecule has 0 unspecified atom stereocenters. The van der Waals surface area contributed by atoms with E-state index in [1.165, 1.54) is 32.1 Å². The topological polar surface area (TPSA) is 35.2 Å². The SMILES string of the molecule is NCc1ccc(Br)cc1OCC1CCCCC1. The van der Waals surface area contributed by atoms with E-state index < -0.39 is 0 Å². The molecular weight excluding hydrogens is 278 g/mol. The minimum atomic E-state index is 0.535. The molecule has 1 fully saturated rings. The third-order valence-corrected chi connectivity index (χ3v) is 3.94. The molecule has 1 aliphatic carbocycles. The molecule has 3 heteroatoms. The molecule has 0 spiro atoms. The summed E-state index contributed by atoms with van der Waals surface area (Å²) in [5.74, 6) is 1.67. The van der Waals surface area contributed by atoms with Gasteiger partial charge in [-0.25, -0.2) is 0 Å². The minimum Gasteiger partial charge on any atom is -0.493 e. The van der Waals surface area contributed by atoms with Crippen LogP contribution in [0.15, 0.2) is 22.7 Å². The summed E-state index contributed by atoms with van der Waals surface area (Å²) in [5.41, 5.74) is 6.80. The summed E-state index contributed by atoms with van der Waals surface area (Å²) in [6.07, 6.45) is 6.73. The fourth-order valence-electron chi connectivity index (χ4n) is 2.39. The summed E-state index contributed by atoms with van der Waals surface area (Å²) in [6, 6.07) is 6.06. The molecule has 2 nitrogen and oxygen atoms in total. The number of nitrogens with two attached hydrogens (primary N) is 1. The molecule has 0 amide bonds. The van der Waals surface area contributed by atoms with E-state index in [-0.39, 0.29) is 0 Å². The number of halogens is 1. The number of hydrogen-bond acceptors (Lipinski definition) is 2. The molecule has 1 aromatic carbocycles. The first kappa shape index (κ1) is 12.9. The largest absolute Gasteiger partial charge is 0.493 e. The average Bonchev–Trinajstić information content (AvgIpc) is 2.38. The molecule has 1 aliphatic rings. The van der Waals surface area contributed by atoms with E-state index in [1.807, 2.05) is 18.2 Å². The van der Waals surface area contributed by atoms with Gasteiger partial charge < -0.3 is 10.5 Å². The molecule has 1 aromatic rings. The maximum Gasteiger partial charge on any atom is 0.124 e. The maximum absolute atomic E-state index is 5.94. The molecule has 0 aromatic heterocycles. The van der Waals surface area contributed by atoms with Crippen LogP contribution < -0.4 is 10.5 Å². The summed E-state index contributed by atoms with van der Waals surface area (Å²) < 4.78 is 6.99. The first-order valence-corrected chi connectivity index (χ1v) is 7.20. The van der Waals surface area contributed by atoms with Crippen molar-refractivity contribution < 1.29 is 4.74 Å². The predicted octanol–water partition coefficient (Wildman–Crippen LogP) is 3.87. The van der Waals surface area contributed by atoms with Crippen molar-refractivity contribution in [2.75, 3.05) is 6.61 Å². The Morgan fingerprint density at radius 2 is 2.00 bits per heavy atom. The van der Waals surface area contributed by atoms with Gasteiger partial charge in [0.05, 0.1) is 6.61 Å². The maximum atomic E-state index is 5.94. The van der Waals surface area contributed by atoms with Gasteiger partial charge in [0.25, 0.3) is 0 Å². The van der Waals surface area contributed by atoms with E-state index in [4.69, 9.17) is 10.5 Å². The summed E-state index contributed by atoms with van der Waals surface area (Å²) in [6.45, 7) is 1.37. The molecule has 0 heterocycles. The Morgan fingerprint density at radius 3 is 2.71 bits per heavy atom. The van der Waals surface area contributed by atoms with Crippen molar-refractivity contribution in [3.05, 3.63) is 28.2 Å². The van der Waals surface area contributed by atoms with Gasteiger partial charge in [-0.3, -0.25) is 0 Å². The summed E-state index contributed by atoms with van der Waals surface area (Å²) in [4.78, 5) is 0. The number of ether oxygens (including phenoxy) is 1. The van der Waals surface area contributed by atoms with Gasteiger partial charge in [0, 0.05) is 16.6 Å². The highest BCUT2D eigenvalue weighted by Crippen LogP contribution is 2.27. The molecule has 0 atom stereocenters. The second-order valence-electron chi connectivity index (χ2n) is 4.77. The second-order valence-corrected chi connectivity index (χ2v) is 5.69. The lowest BCUT2D eigenvalue weighted by Gasteiger charge is -2.22. The van der Waals surface area contributed by atoms with Crippen LogP contribution >= 0.6 is 15.9 Å². The molecule has 0 saturated heterocycles. The quantitative estimate of drug-likeness (QED) is 0.916. The Morgan fingerprint density at radius 1 is 1.24 bits per heavy atom. The van der Waals surface area contributed by atoms with Crippen LogP contribution in [0.5, 0.6) is 5.75 Å². The third kappa shape index (κ3) is 3.71. The summed E-state index contributed by atoms with van der Waals surface area (Å²) in [5, 5.41) is 0. The minimum absolute atomic E-state index is 0.535. The zero-order chi connectivity index (χ0) is 12.1. The van der Waals surface area contributed by atoms with E-state index in [2.05, 4.69) is 15.9 Å². The van der Waals surface area contributed by atoms with Gasteiger partial charge in [-0.15, -0.1) is 0 Å². The molecule has 1 saturated carbocycles. The third-order valence-electron chi connectivity index (χ3n) is 3.45. The fraction of sp³-hybridized carbons (Fsp3) is 0.571. The van der Waals surface area contributed by atoms with Crippen molar-refractivity contribution in [3.63, 3.8) is 0 Å². The van der Waals surface area contributed by atoms with Crippen molar-refractivity contribution in [2.45, 2.75) is 38.6 Å². The van der Waals surface area contributed by atoms with Gasteiger partial charge in [0.1, 0.15) is 5.75 Å². The normalized spacial score (nSPS) is 17.1.